The Morgan fingerprint density at radius 1 is 1.00 bits per heavy atom. The van der Waals surface area contributed by atoms with Crippen LogP contribution in [0.1, 0.15) is 23.1 Å². The summed E-state index contributed by atoms with van der Waals surface area (Å²) in [5.41, 5.74) is 1.12. The lowest BCUT2D eigenvalue weighted by atomic mass is 10.0. The maximum absolute atomic E-state index is 15.2. The predicted octanol–water partition coefficient (Wildman–Crippen LogP) is 3.08. The molecule has 0 aliphatic heterocycles. The number of rotatable bonds is 10. The fraction of sp³-hybridized carbons (Fsp3) is 0.214. The van der Waals surface area contributed by atoms with E-state index in [9.17, 15) is 27.2 Å². The summed E-state index contributed by atoms with van der Waals surface area (Å²) < 4.78 is 56.4. The number of anilines is 1. The van der Waals surface area contributed by atoms with Crippen LogP contribution in [0, 0.1) is 11.6 Å². The number of nitrogens with zero attached hydrogens (tertiary/aromatic N) is 1. The second-order valence-electron chi connectivity index (χ2n) is 9.57. The van der Waals surface area contributed by atoms with Crippen molar-refractivity contribution in [1.82, 2.24) is 15.6 Å². The molecule has 5 rings (SSSR count). The molecule has 42 heavy (non-hydrogen) atoms. The summed E-state index contributed by atoms with van der Waals surface area (Å²) in [4.78, 5) is 40.8. The molecule has 1 saturated carbocycles. The van der Waals surface area contributed by atoms with Crippen LogP contribution in [-0.2, 0) is 24.2 Å². The topological polar surface area (TPSA) is 155 Å². The Hall–Kier alpha value is -4.27. The van der Waals surface area contributed by atoms with Gasteiger partial charge in [0, 0.05) is 23.4 Å². The summed E-state index contributed by atoms with van der Waals surface area (Å²) in [5, 5.41) is 14.4. The summed E-state index contributed by atoms with van der Waals surface area (Å²) in [5.74, 6) is -3.42. The van der Waals surface area contributed by atoms with Crippen molar-refractivity contribution in [2.24, 2.45) is 0 Å². The van der Waals surface area contributed by atoms with Crippen molar-refractivity contribution in [3.63, 3.8) is 0 Å². The van der Waals surface area contributed by atoms with Crippen molar-refractivity contribution in [1.29, 1.82) is 0 Å². The third kappa shape index (κ3) is 6.45. The van der Waals surface area contributed by atoms with E-state index in [2.05, 4.69) is 20.9 Å². The molecule has 1 aromatic heterocycles. The molecule has 10 nitrogen and oxygen atoms in total. The van der Waals surface area contributed by atoms with Crippen molar-refractivity contribution < 1.29 is 36.7 Å². The van der Waals surface area contributed by atoms with Gasteiger partial charge in [0.25, 0.3) is 0 Å². The monoisotopic (exact) mass is 614 g/mol. The number of aromatic nitrogens is 1. The van der Waals surface area contributed by atoms with E-state index in [1.54, 1.807) is 12.1 Å². The Bertz CT molecular complexity index is 1770. The maximum Gasteiger partial charge on any atom is 0.250 e. The van der Waals surface area contributed by atoms with Gasteiger partial charge in [-0.1, -0.05) is 12.1 Å². The van der Waals surface area contributed by atoms with Gasteiger partial charge in [-0.05, 0) is 60.9 Å². The number of carbonyl (C=O) groups is 3. The number of nitrogens with one attached hydrogen (secondary N) is 3. The lowest BCUT2D eigenvalue weighted by Crippen LogP contribution is -2.41. The van der Waals surface area contributed by atoms with Crippen LogP contribution in [0.5, 0.6) is 0 Å². The zero-order valence-corrected chi connectivity index (χ0v) is 23.4. The molecule has 0 saturated heterocycles. The predicted molar refractivity (Wildman–Crippen MR) is 151 cm³/mol. The van der Waals surface area contributed by atoms with Gasteiger partial charge in [0.05, 0.1) is 21.7 Å². The molecule has 1 aliphatic carbocycles. The van der Waals surface area contributed by atoms with Crippen LogP contribution in [0.25, 0.3) is 21.3 Å². The van der Waals surface area contributed by atoms with Crippen LogP contribution < -0.4 is 16.0 Å². The fourth-order valence-corrected chi connectivity index (χ4v) is 7.11. The second-order valence-corrected chi connectivity index (χ2v) is 12.7. The molecule has 4 aromatic rings. The molecule has 1 aliphatic rings. The van der Waals surface area contributed by atoms with Crippen LogP contribution in [-0.4, -0.2) is 55.4 Å². The molecular weight excluding hydrogens is 590 g/mol. The summed E-state index contributed by atoms with van der Waals surface area (Å²) in [6.45, 7) is -1.15. The van der Waals surface area contributed by atoms with E-state index in [1.165, 1.54) is 18.2 Å². The number of amides is 3. The first-order chi connectivity index (χ1) is 20.0. The van der Waals surface area contributed by atoms with Crippen molar-refractivity contribution in [3.05, 3.63) is 77.3 Å². The van der Waals surface area contributed by atoms with Gasteiger partial charge in [0.1, 0.15) is 23.2 Å². The lowest BCUT2D eigenvalue weighted by molar-refractivity contribution is -0.126. The van der Waals surface area contributed by atoms with Gasteiger partial charge in [-0.25, -0.2) is 22.2 Å². The Kier molecular flexibility index (Phi) is 8.29. The molecule has 0 bridgehead atoms. The van der Waals surface area contributed by atoms with Crippen molar-refractivity contribution in [3.8, 4) is 11.1 Å². The molecule has 218 valence electrons. The van der Waals surface area contributed by atoms with Crippen LogP contribution >= 0.6 is 11.3 Å². The first-order valence-corrected chi connectivity index (χ1v) is 15.1. The summed E-state index contributed by atoms with van der Waals surface area (Å²) >= 11 is 0.868. The molecule has 0 spiro atoms. The Morgan fingerprint density at radius 3 is 2.33 bits per heavy atom. The number of hydrogen-bond acceptors (Lipinski definition) is 8. The molecule has 14 heteroatoms. The second kappa shape index (κ2) is 11.9. The minimum absolute atomic E-state index is 0.0389. The zero-order chi connectivity index (χ0) is 30.0. The first-order valence-electron chi connectivity index (χ1n) is 12.7. The minimum Gasteiger partial charge on any atom is -0.387 e. The summed E-state index contributed by atoms with van der Waals surface area (Å²) in [6, 6.07) is 12.8. The van der Waals surface area contributed by atoms with E-state index >= 15 is 4.39 Å². The maximum atomic E-state index is 15.2. The van der Waals surface area contributed by atoms with Gasteiger partial charge in [0.15, 0.2) is 15.1 Å². The molecular formula is C28H24F2N4O6S2. The average molecular weight is 615 g/mol. The fourth-order valence-electron chi connectivity index (χ4n) is 4.15. The number of sulfone groups is 1. The van der Waals surface area contributed by atoms with Crippen LogP contribution in [0.15, 0.2) is 65.6 Å². The highest BCUT2D eigenvalue weighted by atomic mass is 32.2. The molecule has 1 heterocycles. The number of hydrogen-bond donors (Lipinski definition) is 4. The van der Waals surface area contributed by atoms with Gasteiger partial charge < -0.3 is 21.1 Å². The normalized spacial score (nSPS) is 13.9. The Morgan fingerprint density at radius 2 is 1.69 bits per heavy atom. The third-order valence-corrected chi connectivity index (χ3v) is 9.62. The largest absolute Gasteiger partial charge is 0.387 e. The van der Waals surface area contributed by atoms with Crippen LogP contribution in [0.2, 0.25) is 0 Å². The van der Waals surface area contributed by atoms with E-state index < -0.39 is 57.6 Å². The average Bonchev–Trinajstić information content (AvgIpc) is 3.69. The number of aliphatic hydroxyl groups is 1. The number of aliphatic hydroxyl groups excluding tert-OH is 1. The zero-order valence-electron chi connectivity index (χ0n) is 21.8. The van der Waals surface area contributed by atoms with Crippen molar-refractivity contribution in [2.45, 2.75) is 29.0 Å². The molecule has 1 fully saturated rings. The van der Waals surface area contributed by atoms with E-state index in [-0.39, 0.29) is 27.0 Å². The molecule has 3 aromatic carbocycles. The highest BCUT2D eigenvalue weighted by molar-refractivity contribution is 7.92. The van der Waals surface area contributed by atoms with Crippen LogP contribution in [0.4, 0.5) is 14.5 Å². The first kappa shape index (κ1) is 29.2. The van der Waals surface area contributed by atoms with Crippen molar-refractivity contribution >= 4 is 54.8 Å². The quantitative estimate of drug-likeness (QED) is 0.200. The van der Waals surface area contributed by atoms with Gasteiger partial charge in [-0.2, -0.15) is 0 Å². The van der Waals surface area contributed by atoms with E-state index in [1.807, 2.05) is 0 Å². The summed E-state index contributed by atoms with van der Waals surface area (Å²) in [7, 11) is -4.47. The van der Waals surface area contributed by atoms with E-state index in [0.29, 0.717) is 16.0 Å². The minimum atomic E-state index is -4.47. The Balaban J connectivity index is 1.49. The third-order valence-electron chi connectivity index (χ3n) is 6.40. The SMILES string of the molecule is O=C(CO)Nc1ccc(-c2cc3sc(C(C(=O)NCC(=O)NC4CC4)S(=O)(=O)c4ccc(F)cc4)nc3cc2F)cc1. The van der Waals surface area contributed by atoms with Gasteiger partial charge >= 0.3 is 0 Å². The lowest BCUT2D eigenvalue weighted by Gasteiger charge is -2.16. The molecule has 1 unspecified atom stereocenters. The molecule has 3 amide bonds. The van der Waals surface area contributed by atoms with Gasteiger partial charge in [-0.15, -0.1) is 11.3 Å². The standard InChI is InChI=1S/C28H24F2N4O6S2/c29-16-3-9-19(10-4-16)42(39,40)26(27(38)31-13-24(36)32-18-7-8-18)28-34-22-12-21(30)20(11-23(22)41-28)15-1-5-17(6-2-15)33-25(37)14-35/h1-6,9-12,18,26,35H,7-8,13-14H2,(H,31,38)(H,32,36)(H,33,37). The number of benzene rings is 3. The van der Waals surface area contributed by atoms with Gasteiger partial charge in [0.2, 0.25) is 17.7 Å². The van der Waals surface area contributed by atoms with Crippen LogP contribution in [0.3, 0.4) is 0 Å². The van der Waals surface area contributed by atoms with E-state index in [4.69, 9.17) is 5.11 Å². The Labute approximate surface area is 242 Å². The van der Waals surface area contributed by atoms with Gasteiger partial charge in [-0.3, -0.25) is 14.4 Å². The number of fused-ring (bicyclic) bond motifs is 1. The number of thiazole rings is 1. The highest BCUT2D eigenvalue weighted by Crippen LogP contribution is 2.37. The molecule has 4 N–H and O–H groups in total. The molecule has 1 atom stereocenters. The smallest absolute Gasteiger partial charge is 0.250 e. The summed E-state index contributed by atoms with van der Waals surface area (Å²) in [6.07, 6.45) is 1.66. The van der Waals surface area contributed by atoms with Crippen molar-refractivity contribution in [2.75, 3.05) is 18.5 Å². The molecule has 0 radical (unpaired) electrons. The highest BCUT2D eigenvalue weighted by Gasteiger charge is 2.39. The van der Waals surface area contributed by atoms with E-state index in [0.717, 1.165) is 54.5 Å². The number of halogens is 2. The number of carbonyl (C=O) groups excluding carboxylic acids is 3.